The van der Waals surface area contributed by atoms with Gasteiger partial charge in [-0.1, -0.05) is 23.7 Å². The van der Waals surface area contributed by atoms with Gasteiger partial charge in [-0.2, -0.15) is 0 Å². The summed E-state index contributed by atoms with van der Waals surface area (Å²) in [6, 6.07) is 8.88. The molecule has 2 rings (SSSR count). The van der Waals surface area contributed by atoms with Crippen LogP contribution in [-0.2, 0) is 0 Å². The van der Waals surface area contributed by atoms with Gasteiger partial charge in [0.1, 0.15) is 10.9 Å². The van der Waals surface area contributed by atoms with Crippen molar-refractivity contribution in [2.24, 2.45) is 0 Å². The van der Waals surface area contributed by atoms with Crippen LogP contribution in [0.3, 0.4) is 0 Å². The van der Waals surface area contributed by atoms with Crippen LogP contribution in [0, 0.1) is 0 Å². The molecular formula is C12H11BClNO3. The minimum atomic E-state index is -1.57. The van der Waals surface area contributed by atoms with Crippen LogP contribution in [-0.4, -0.2) is 29.3 Å². The lowest BCUT2D eigenvalue weighted by Gasteiger charge is -2.08. The van der Waals surface area contributed by atoms with E-state index >= 15 is 0 Å². The average molecular weight is 263 g/mol. The van der Waals surface area contributed by atoms with Crippen molar-refractivity contribution in [1.29, 1.82) is 0 Å². The van der Waals surface area contributed by atoms with Crippen molar-refractivity contribution in [1.82, 2.24) is 4.98 Å². The highest BCUT2D eigenvalue weighted by Crippen LogP contribution is 2.27. The van der Waals surface area contributed by atoms with Crippen LogP contribution < -0.4 is 10.2 Å². The molecule has 2 aromatic rings. The van der Waals surface area contributed by atoms with Gasteiger partial charge < -0.3 is 14.8 Å². The lowest BCUT2D eigenvalue weighted by Crippen LogP contribution is -2.30. The zero-order valence-corrected chi connectivity index (χ0v) is 10.4. The first-order chi connectivity index (χ1) is 8.61. The molecule has 0 atom stereocenters. The molecule has 0 amide bonds. The summed E-state index contributed by atoms with van der Waals surface area (Å²) < 4.78 is 5.13. The fourth-order valence-electron chi connectivity index (χ4n) is 1.60. The Kier molecular flexibility index (Phi) is 3.86. The van der Waals surface area contributed by atoms with Gasteiger partial charge in [0.2, 0.25) is 0 Å². The van der Waals surface area contributed by atoms with E-state index in [9.17, 15) is 0 Å². The highest BCUT2D eigenvalue weighted by molar-refractivity contribution is 6.58. The molecule has 0 bridgehead atoms. The Bertz CT molecular complexity index is 563. The van der Waals surface area contributed by atoms with Crippen molar-refractivity contribution in [3.63, 3.8) is 0 Å². The number of aromatic nitrogens is 1. The Hall–Kier alpha value is -1.56. The first-order valence-electron chi connectivity index (χ1n) is 5.28. The monoisotopic (exact) mass is 263 g/mol. The summed E-state index contributed by atoms with van der Waals surface area (Å²) in [6.07, 6.45) is 1.33. The largest absolute Gasteiger partial charge is 0.497 e. The lowest BCUT2D eigenvalue weighted by molar-refractivity contribution is 0.415. The van der Waals surface area contributed by atoms with Crippen molar-refractivity contribution < 1.29 is 14.8 Å². The van der Waals surface area contributed by atoms with Gasteiger partial charge in [-0.15, -0.1) is 0 Å². The summed E-state index contributed by atoms with van der Waals surface area (Å²) in [4.78, 5) is 3.94. The molecule has 1 heterocycles. The van der Waals surface area contributed by atoms with Crippen LogP contribution in [0.1, 0.15) is 0 Å². The van der Waals surface area contributed by atoms with E-state index < -0.39 is 7.12 Å². The number of nitrogens with zero attached hydrogens (tertiary/aromatic N) is 1. The molecule has 1 aromatic carbocycles. The molecule has 0 saturated heterocycles. The van der Waals surface area contributed by atoms with Crippen LogP contribution in [0.2, 0.25) is 5.15 Å². The first-order valence-corrected chi connectivity index (χ1v) is 5.65. The molecule has 2 N–H and O–H groups in total. The topological polar surface area (TPSA) is 62.6 Å². The van der Waals surface area contributed by atoms with Crippen molar-refractivity contribution in [3.05, 3.63) is 41.7 Å². The maximum Gasteiger partial charge on any atom is 0.490 e. The van der Waals surface area contributed by atoms with Crippen LogP contribution in [0.15, 0.2) is 36.5 Å². The molecular weight excluding hydrogens is 252 g/mol. The predicted octanol–water partition coefficient (Wildman–Crippen LogP) is 1.09. The Morgan fingerprint density at radius 2 is 2.06 bits per heavy atom. The fourth-order valence-corrected chi connectivity index (χ4v) is 1.81. The number of hydrogen-bond donors (Lipinski definition) is 2. The molecule has 0 fully saturated rings. The molecule has 0 radical (unpaired) electrons. The summed E-state index contributed by atoms with van der Waals surface area (Å²) in [5.41, 5.74) is 1.72. The summed E-state index contributed by atoms with van der Waals surface area (Å²) >= 11 is 6.02. The molecule has 0 unspecified atom stereocenters. The van der Waals surface area contributed by atoms with Crippen LogP contribution in [0.25, 0.3) is 11.1 Å². The number of pyridine rings is 1. The van der Waals surface area contributed by atoms with Gasteiger partial charge in [0.05, 0.1) is 7.11 Å². The van der Waals surface area contributed by atoms with Crippen molar-refractivity contribution in [2.75, 3.05) is 7.11 Å². The highest BCUT2D eigenvalue weighted by atomic mass is 35.5. The Morgan fingerprint density at radius 3 is 2.72 bits per heavy atom. The lowest BCUT2D eigenvalue weighted by atomic mass is 9.80. The average Bonchev–Trinajstić information content (AvgIpc) is 2.39. The number of ether oxygens (including phenoxy) is 1. The minimum Gasteiger partial charge on any atom is -0.497 e. The van der Waals surface area contributed by atoms with E-state index in [0.29, 0.717) is 16.5 Å². The SMILES string of the molecule is COc1cccc(-c2cc(B(O)O)cnc2Cl)c1. The normalized spacial score (nSPS) is 10.2. The van der Waals surface area contributed by atoms with E-state index in [1.165, 1.54) is 6.20 Å². The van der Waals surface area contributed by atoms with Gasteiger partial charge >= 0.3 is 7.12 Å². The van der Waals surface area contributed by atoms with Gasteiger partial charge in [-0.05, 0) is 23.8 Å². The second-order valence-corrected chi connectivity index (χ2v) is 4.07. The van der Waals surface area contributed by atoms with Gasteiger partial charge in [-0.3, -0.25) is 0 Å². The second kappa shape index (κ2) is 5.39. The number of hydrogen-bond acceptors (Lipinski definition) is 4. The summed E-state index contributed by atoms with van der Waals surface area (Å²) in [5.74, 6) is 0.693. The van der Waals surface area contributed by atoms with Crippen LogP contribution in [0.4, 0.5) is 0 Å². The number of methoxy groups -OCH3 is 1. The molecule has 0 aliphatic rings. The van der Waals surface area contributed by atoms with E-state index in [0.717, 1.165) is 5.56 Å². The quantitative estimate of drug-likeness (QED) is 0.643. The number of benzene rings is 1. The summed E-state index contributed by atoms with van der Waals surface area (Å²) in [7, 11) is 0.00600. The molecule has 1 aromatic heterocycles. The first kappa shape index (κ1) is 12.9. The minimum absolute atomic E-state index is 0.289. The maximum atomic E-state index is 9.13. The van der Waals surface area contributed by atoms with Gasteiger partial charge in [0.25, 0.3) is 0 Å². The number of rotatable bonds is 3. The van der Waals surface area contributed by atoms with E-state index in [-0.39, 0.29) is 5.46 Å². The standard InChI is InChI=1S/C12H11BClNO3/c1-18-10-4-2-3-8(5-10)11-6-9(13(16)17)7-15-12(11)14/h2-7,16-17H,1H3. The molecule has 92 valence electrons. The molecule has 0 saturated carbocycles. The van der Waals surface area contributed by atoms with Crippen molar-refractivity contribution in [3.8, 4) is 16.9 Å². The molecule has 6 heteroatoms. The zero-order chi connectivity index (χ0) is 13.1. The Labute approximate surface area is 110 Å². The molecule has 0 aliphatic carbocycles. The summed E-state index contributed by atoms with van der Waals surface area (Å²) in [6.45, 7) is 0. The van der Waals surface area contributed by atoms with E-state index in [4.69, 9.17) is 26.4 Å². The van der Waals surface area contributed by atoms with E-state index in [1.807, 2.05) is 18.2 Å². The van der Waals surface area contributed by atoms with Gasteiger partial charge in [-0.25, -0.2) is 4.98 Å². The molecule has 18 heavy (non-hydrogen) atoms. The highest BCUT2D eigenvalue weighted by Gasteiger charge is 2.15. The van der Waals surface area contributed by atoms with Gasteiger partial charge in [0, 0.05) is 17.2 Å². The van der Waals surface area contributed by atoms with Crippen LogP contribution >= 0.6 is 11.6 Å². The van der Waals surface area contributed by atoms with Gasteiger partial charge in [0.15, 0.2) is 0 Å². The Balaban J connectivity index is 2.51. The third-order valence-corrected chi connectivity index (χ3v) is 2.84. The predicted molar refractivity (Wildman–Crippen MR) is 71.1 cm³/mol. The number of halogens is 1. The van der Waals surface area contributed by atoms with Crippen molar-refractivity contribution >= 4 is 24.2 Å². The second-order valence-electron chi connectivity index (χ2n) is 3.71. The smallest absolute Gasteiger partial charge is 0.490 e. The molecule has 0 aliphatic heterocycles. The molecule has 0 spiro atoms. The third-order valence-electron chi connectivity index (χ3n) is 2.54. The maximum absolute atomic E-state index is 9.13. The Morgan fingerprint density at radius 1 is 1.28 bits per heavy atom. The third kappa shape index (κ3) is 2.64. The van der Waals surface area contributed by atoms with E-state index in [2.05, 4.69) is 4.98 Å². The van der Waals surface area contributed by atoms with Crippen LogP contribution in [0.5, 0.6) is 5.75 Å². The van der Waals surface area contributed by atoms with Crippen molar-refractivity contribution in [2.45, 2.75) is 0 Å². The van der Waals surface area contributed by atoms with E-state index in [1.54, 1.807) is 19.2 Å². The fraction of sp³-hybridized carbons (Fsp3) is 0.0833. The zero-order valence-electron chi connectivity index (χ0n) is 9.67. The summed E-state index contributed by atoms with van der Waals surface area (Å²) in [5, 5.41) is 18.6. The molecule has 4 nitrogen and oxygen atoms in total.